The fraction of sp³-hybridized carbons (Fsp3) is 0.300. The average Bonchev–Trinajstić information content (AvgIpc) is 2.73. The smallest absolute Gasteiger partial charge is 0.319 e. The molecule has 3 rings (SSSR count). The van der Waals surface area contributed by atoms with Gasteiger partial charge >= 0.3 is 6.03 Å². The van der Waals surface area contributed by atoms with E-state index >= 15 is 0 Å². The molecule has 8 nitrogen and oxygen atoms in total. The maximum atomic E-state index is 12.6. The SMILES string of the molecule is Cc1cccc(NC(=O)NCC(=O)N2CCN(S(=O)(=O)c3ccccc3)CC2)c1. The molecular formula is C20H24N4O4S. The van der Waals surface area contributed by atoms with Gasteiger partial charge in [0.05, 0.1) is 11.4 Å². The minimum Gasteiger partial charge on any atom is -0.339 e. The third kappa shape index (κ3) is 5.33. The van der Waals surface area contributed by atoms with Crippen LogP contribution >= 0.6 is 0 Å². The average molecular weight is 417 g/mol. The zero-order valence-electron chi connectivity index (χ0n) is 16.2. The number of carbonyl (C=O) groups is 2. The molecule has 1 fully saturated rings. The lowest BCUT2D eigenvalue weighted by atomic mass is 10.2. The maximum absolute atomic E-state index is 12.6. The Labute approximate surface area is 170 Å². The Morgan fingerprint density at radius 2 is 1.66 bits per heavy atom. The van der Waals surface area contributed by atoms with Gasteiger partial charge in [-0.25, -0.2) is 13.2 Å². The molecule has 2 N–H and O–H groups in total. The van der Waals surface area contributed by atoms with Crippen molar-refractivity contribution < 1.29 is 18.0 Å². The van der Waals surface area contributed by atoms with Crippen LogP contribution in [0.15, 0.2) is 59.5 Å². The zero-order chi connectivity index (χ0) is 20.9. The Bertz CT molecular complexity index is 971. The topological polar surface area (TPSA) is 98.8 Å². The van der Waals surface area contributed by atoms with Gasteiger partial charge in [-0.3, -0.25) is 4.79 Å². The molecule has 1 saturated heterocycles. The summed E-state index contributed by atoms with van der Waals surface area (Å²) in [5.74, 6) is -0.249. The Balaban J connectivity index is 1.47. The van der Waals surface area contributed by atoms with Crippen molar-refractivity contribution in [2.75, 3.05) is 38.0 Å². The minimum atomic E-state index is -3.56. The zero-order valence-corrected chi connectivity index (χ0v) is 17.0. The first kappa shape index (κ1) is 20.8. The van der Waals surface area contributed by atoms with Crippen molar-refractivity contribution in [3.8, 4) is 0 Å². The number of rotatable bonds is 5. The molecule has 0 aromatic heterocycles. The fourth-order valence-electron chi connectivity index (χ4n) is 3.09. The van der Waals surface area contributed by atoms with E-state index in [1.165, 1.54) is 4.31 Å². The number of nitrogens with one attached hydrogen (secondary N) is 2. The third-order valence-corrected chi connectivity index (χ3v) is 6.56. The van der Waals surface area contributed by atoms with Crippen LogP contribution < -0.4 is 10.6 Å². The summed E-state index contributed by atoms with van der Waals surface area (Å²) in [5.41, 5.74) is 1.66. The summed E-state index contributed by atoms with van der Waals surface area (Å²) in [4.78, 5) is 26.1. The first-order valence-electron chi connectivity index (χ1n) is 9.31. The largest absolute Gasteiger partial charge is 0.339 e. The van der Waals surface area contributed by atoms with Gasteiger partial charge in [-0.05, 0) is 36.8 Å². The minimum absolute atomic E-state index is 0.150. The molecule has 0 aliphatic carbocycles. The predicted octanol–water partition coefficient (Wildman–Crippen LogP) is 1.65. The lowest BCUT2D eigenvalue weighted by Crippen LogP contribution is -2.52. The van der Waals surface area contributed by atoms with Crippen molar-refractivity contribution in [2.45, 2.75) is 11.8 Å². The molecule has 2 aromatic carbocycles. The lowest BCUT2D eigenvalue weighted by Gasteiger charge is -2.34. The van der Waals surface area contributed by atoms with Crippen LogP contribution in [0.4, 0.5) is 10.5 Å². The van der Waals surface area contributed by atoms with Crippen molar-refractivity contribution in [3.05, 3.63) is 60.2 Å². The van der Waals surface area contributed by atoms with Gasteiger partial charge < -0.3 is 15.5 Å². The molecule has 9 heteroatoms. The Morgan fingerprint density at radius 3 is 2.31 bits per heavy atom. The van der Waals surface area contributed by atoms with Gasteiger partial charge in [-0.15, -0.1) is 0 Å². The van der Waals surface area contributed by atoms with Gasteiger partial charge in [0, 0.05) is 31.9 Å². The second-order valence-corrected chi connectivity index (χ2v) is 8.71. The standard InChI is InChI=1S/C20H24N4O4S/c1-16-6-5-7-17(14-16)22-20(26)21-15-19(25)23-10-12-24(13-11-23)29(27,28)18-8-3-2-4-9-18/h2-9,14H,10-13,15H2,1H3,(H2,21,22,26). The highest BCUT2D eigenvalue weighted by molar-refractivity contribution is 7.89. The molecule has 1 heterocycles. The number of sulfonamides is 1. The second kappa shape index (κ2) is 9.06. The van der Waals surface area contributed by atoms with Crippen LogP contribution in [0.5, 0.6) is 0 Å². The van der Waals surface area contributed by atoms with Crippen molar-refractivity contribution in [1.29, 1.82) is 0 Å². The van der Waals surface area contributed by atoms with Gasteiger partial charge in [0.15, 0.2) is 0 Å². The van der Waals surface area contributed by atoms with Crippen molar-refractivity contribution >= 4 is 27.6 Å². The quantitative estimate of drug-likeness (QED) is 0.774. The van der Waals surface area contributed by atoms with Crippen molar-refractivity contribution in [2.24, 2.45) is 0 Å². The second-order valence-electron chi connectivity index (χ2n) is 6.78. The summed E-state index contributed by atoms with van der Waals surface area (Å²) < 4.78 is 26.6. The number of benzene rings is 2. The van der Waals surface area contributed by atoms with Crippen LogP contribution in [0.25, 0.3) is 0 Å². The number of anilines is 1. The van der Waals surface area contributed by atoms with Crippen LogP contribution in [-0.2, 0) is 14.8 Å². The molecule has 0 saturated carbocycles. The summed E-state index contributed by atoms with van der Waals surface area (Å²) in [6.07, 6.45) is 0. The fourth-order valence-corrected chi connectivity index (χ4v) is 4.53. The van der Waals surface area contributed by atoms with Gasteiger partial charge in [0.2, 0.25) is 15.9 Å². The molecule has 3 amide bonds. The molecule has 0 bridgehead atoms. The highest BCUT2D eigenvalue weighted by Gasteiger charge is 2.29. The summed E-state index contributed by atoms with van der Waals surface area (Å²) in [6, 6.07) is 15.1. The first-order chi connectivity index (χ1) is 13.9. The monoisotopic (exact) mass is 416 g/mol. The number of amides is 3. The molecule has 1 aliphatic heterocycles. The van der Waals surface area contributed by atoms with E-state index in [4.69, 9.17) is 0 Å². The number of hydrogen-bond donors (Lipinski definition) is 2. The Kier molecular flexibility index (Phi) is 6.50. The van der Waals surface area contributed by atoms with Crippen LogP contribution in [0.3, 0.4) is 0 Å². The van der Waals surface area contributed by atoms with E-state index in [0.29, 0.717) is 5.69 Å². The normalized spacial score (nSPS) is 15.0. The molecule has 2 aromatic rings. The van der Waals surface area contributed by atoms with Crippen LogP contribution in [0, 0.1) is 6.92 Å². The summed E-state index contributed by atoms with van der Waals surface area (Å²) in [7, 11) is -3.56. The molecule has 0 unspecified atom stereocenters. The van der Waals surface area contributed by atoms with Gasteiger partial charge in [0.25, 0.3) is 0 Å². The van der Waals surface area contributed by atoms with E-state index in [0.717, 1.165) is 5.56 Å². The maximum Gasteiger partial charge on any atom is 0.319 e. The number of urea groups is 1. The first-order valence-corrected chi connectivity index (χ1v) is 10.7. The van der Waals surface area contributed by atoms with Crippen molar-refractivity contribution in [3.63, 3.8) is 0 Å². The number of aryl methyl sites for hydroxylation is 1. The number of piperazine rings is 1. The molecule has 154 valence electrons. The predicted molar refractivity (Wildman–Crippen MR) is 110 cm³/mol. The molecule has 29 heavy (non-hydrogen) atoms. The molecule has 0 atom stereocenters. The van der Waals surface area contributed by atoms with Crippen LogP contribution in [-0.4, -0.2) is 62.3 Å². The van der Waals surface area contributed by atoms with Gasteiger partial charge in [-0.2, -0.15) is 4.31 Å². The summed E-state index contributed by atoms with van der Waals surface area (Å²) in [6.45, 7) is 2.78. The van der Waals surface area contributed by atoms with E-state index < -0.39 is 16.1 Å². The van der Waals surface area contributed by atoms with Gasteiger partial charge in [0.1, 0.15) is 0 Å². The van der Waals surface area contributed by atoms with E-state index in [1.54, 1.807) is 41.3 Å². The van der Waals surface area contributed by atoms with E-state index in [9.17, 15) is 18.0 Å². The van der Waals surface area contributed by atoms with Gasteiger partial charge in [-0.1, -0.05) is 30.3 Å². The summed E-state index contributed by atoms with van der Waals surface area (Å²) >= 11 is 0. The van der Waals surface area contributed by atoms with E-state index in [2.05, 4.69) is 10.6 Å². The molecular weight excluding hydrogens is 392 g/mol. The summed E-state index contributed by atoms with van der Waals surface area (Å²) in [5, 5.41) is 5.22. The highest BCUT2D eigenvalue weighted by atomic mass is 32.2. The lowest BCUT2D eigenvalue weighted by molar-refractivity contribution is -0.131. The van der Waals surface area contributed by atoms with E-state index in [1.807, 2.05) is 25.1 Å². The molecule has 0 spiro atoms. The number of hydrogen-bond acceptors (Lipinski definition) is 4. The molecule has 0 radical (unpaired) electrons. The van der Waals surface area contributed by atoms with E-state index in [-0.39, 0.29) is 43.5 Å². The number of nitrogens with zero attached hydrogens (tertiary/aromatic N) is 2. The third-order valence-electron chi connectivity index (χ3n) is 4.65. The number of carbonyl (C=O) groups excluding carboxylic acids is 2. The Hall–Kier alpha value is -2.91. The molecule has 1 aliphatic rings. The van der Waals surface area contributed by atoms with Crippen LogP contribution in [0.1, 0.15) is 5.56 Å². The Morgan fingerprint density at radius 1 is 0.966 bits per heavy atom. The van der Waals surface area contributed by atoms with Crippen molar-refractivity contribution in [1.82, 2.24) is 14.5 Å². The highest BCUT2D eigenvalue weighted by Crippen LogP contribution is 2.17. The van der Waals surface area contributed by atoms with Crippen LogP contribution in [0.2, 0.25) is 0 Å².